The van der Waals surface area contributed by atoms with Crippen LogP contribution < -0.4 is 9.62 Å². The molecule has 0 aliphatic heterocycles. The Kier molecular flexibility index (Phi) is 6.56. The maximum absolute atomic E-state index is 13.2. The molecule has 0 saturated heterocycles. The van der Waals surface area contributed by atoms with E-state index in [-0.39, 0.29) is 21.3 Å². The Hall–Kier alpha value is -3.04. The van der Waals surface area contributed by atoms with E-state index in [1.54, 1.807) is 30.3 Å². The molecule has 0 spiro atoms. The third kappa shape index (κ3) is 5.36. The number of hydrogen-bond donors (Lipinski definition) is 1. The summed E-state index contributed by atoms with van der Waals surface area (Å²) in [6.45, 7) is -0.637. The lowest BCUT2D eigenvalue weighted by atomic mass is 10.2. The zero-order valence-corrected chi connectivity index (χ0v) is 17.4. The molecule has 0 aliphatic rings. The average Bonchev–Trinajstić information content (AvgIpc) is 2.73. The molecule has 0 aromatic heterocycles. The highest BCUT2D eigenvalue weighted by atomic mass is 35.5. The fourth-order valence-electron chi connectivity index (χ4n) is 2.75. The average molecular weight is 469 g/mol. The van der Waals surface area contributed by atoms with Crippen molar-refractivity contribution in [3.8, 4) is 0 Å². The van der Waals surface area contributed by atoms with Crippen LogP contribution in [0.5, 0.6) is 0 Å². The van der Waals surface area contributed by atoms with E-state index in [0.717, 1.165) is 28.6 Å². The van der Waals surface area contributed by atoms with Crippen molar-refractivity contribution in [1.29, 1.82) is 0 Å². The van der Waals surface area contributed by atoms with Gasteiger partial charge in [0.05, 0.1) is 21.2 Å². The number of hydrogen-bond acceptors (Lipinski definition) is 3. The van der Waals surface area contributed by atoms with Crippen molar-refractivity contribution in [1.82, 2.24) is 0 Å². The third-order valence-corrected chi connectivity index (χ3v) is 6.33. The molecule has 0 unspecified atom stereocenters. The molecular formula is C21H16ClF3N2O3S. The van der Waals surface area contributed by atoms with Crippen LogP contribution in [0.25, 0.3) is 0 Å². The minimum absolute atomic E-state index is 0.0442. The molecule has 0 aliphatic carbocycles. The monoisotopic (exact) mass is 468 g/mol. The predicted octanol–water partition coefficient (Wildman–Crippen LogP) is 5.19. The minimum atomic E-state index is -4.51. The van der Waals surface area contributed by atoms with Gasteiger partial charge in [-0.25, -0.2) is 8.42 Å². The van der Waals surface area contributed by atoms with E-state index in [1.165, 1.54) is 24.3 Å². The molecule has 0 fully saturated rings. The number of benzene rings is 3. The smallest absolute Gasteiger partial charge is 0.325 e. The fraction of sp³-hybridized carbons (Fsp3) is 0.0952. The van der Waals surface area contributed by atoms with Crippen LogP contribution in [-0.2, 0) is 21.0 Å². The third-order valence-electron chi connectivity index (χ3n) is 4.24. The molecule has 1 N–H and O–H groups in total. The number of para-hydroxylation sites is 1. The van der Waals surface area contributed by atoms with Gasteiger partial charge in [-0.1, -0.05) is 41.9 Å². The largest absolute Gasteiger partial charge is 0.416 e. The summed E-state index contributed by atoms with van der Waals surface area (Å²) in [5.41, 5.74) is -0.681. The summed E-state index contributed by atoms with van der Waals surface area (Å²) in [6.07, 6.45) is -4.51. The van der Waals surface area contributed by atoms with Gasteiger partial charge in [0.2, 0.25) is 5.91 Å². The Balaban J connectivity index is 1.89. The van der Waals surface area contributed by atoms with Crippen LogP contribution in [0.1, 0.15) is 5.56 Å². The summed E-state index contributed by atoms with van der Waals surface area (Å²) < 4.78 is 65.3. The Morgan fingerprint density at radius 2 is 1.48 bits per heavy atom. The van der Waals surface area contributed by atoms with Gasteiger partial charge in [0.25, 0.3) is 10.0 Å². The van der Waals surface area contributed by atoms with Crippen LogP contribution in [0, 0.1) is 0 Å². The van der Waals surface area contributed by atoms with Gasteiger partial charge in [-0.15, -0.1) is 0 Å². The van der Waals surface area contributed by atoms with E-state index in [4.69, 9.17) is 11.6 Å². The van der Waals surface area contributed by atoms with Crippen molar-refractivity contribution >= 4 is 38.9 Å². The van der Waals surface area contributed by atoms with Gasteiger partial charge in [0.15, 0.2) is 0 Å². The predicted molar refractivity (Wildman–Crippen MR) is 112 cm³/mol. The van der Waals surface area contributed by atoms with Crippen molar-refractivity contribution in [3.63, 3.8) is 0 Å². The fourth-order valence-corrected chi connectivity index (χ4v) is 4.50. The van der Waals surface area contributed by atoms with Gasteiger partial charge in [-0.2, -0.15) is 13.2 Å². The number of carbonyl (C=O) groups is 1. The van der Waals surface area contributed by atoms with Gasteiger partial charge < -0.3 is 5.32 Å². The molecule has 3 rings (SSSR count). The van der Waals surface area contributed by atoms with Crippen LogP contribution in [0.3, 0.4) is 0 Å². The zero-order chi connectivity index (χ0) is 22.6. The zero-order valence-electron chi connectivity index (χ0n) is 15.8. The number of alkyl halides is 3. The van der Waals surface area contributed by atoms with Crippen LogP contribution in [-0.4, -0.2) is 20.9 Å². The van der Waals surface area contributed by atoms with Gasteiger partial charge >= 0.3 is 6.18 Å². The van der Waals surface area contributed by atoms with E-state index < -0.39 is 34.2 Å². The molecule has 31 heavy (non-hydrogen) atoms. The highest BCUT2D eigenvalue weighted by Crippen LogP contribution is 2.31. The number of nitrogens with one attached hydrogen (secondary N) is 1. The van der Waals surface area contributed by atoms with Gasteiger partial charge in [0, 0.05) is 5.69 Å². The van der Waals surface area contributed by atoms with Gasteiger partial charge in [-0.3, -0.25) is 9.10 Å². The SMILES string of the molecule is O=C(CN(c1ccccc1Cl)S(=O)(=O)c1ccccc1)Nc1ccc(C(F)(F)F)cc1. The maximum Gasteiger partial charge on any atom is 0.416 e. The summed E-state index contributed by atoms with van der Waals surface area (Å²) in [5.74, 6) is -0.751. The first-order valence-electron chi connectivity index (χ1n) is 8.88. The van der Waals surface area contributed by atoms with E-state index in [0.29, 0.717) is 0 Å². The number of amides is 1. The van der Waals surface area contributed by atoms with E-state index in [1.807, 2.05) is 0 Å². The second kappa shape index (κ2) is 8.99. The molecule has 3 aromatic carbocycles. The second-order valence-electron chi connectivity index (χ2n) is 6.40. The van der Waals surface area contributed by atoms with Crippen LogP contribution in [0.4, 0.5) is 24.5 Å². The molecule has 0 saturated carbocycles. The van der Waals surface area contributed by atoms with Crippen LogP contribution in [0.2, 0.25) is 5.02 Å². The summed E-state index contributed by atoms with van der Waals surface area (Å²) >= 11 is 6.17. The molecular weight excluding hydrogens is 453 g/mol. The number of anilines is 2. The second-order valence-corrected chi connectivity index (χ2v) is 8.67. The quantitative estimate of drug-likeness (QED) is 0.541. The number of carbonyl (C=O) groups excluding carboxylic acids is 1. The van der Waals surface area contributed by atoms with Crippen LogP contribution >= 0.6 is 11.6 Å². The van der Waals surface area contributed by atoms with Crippen molar-refractivity contribution in [2.45, 2.75) is 11.1 Å². The van der Waals surface area contributed by atoms with E-state index in [9.17, 15) is 26.4 Å². The maximum atomic E-state index is 13.2. The lowest BCUT2D eigenvalue weighted by Crippen LogP contribution is -2.38. The Morgan fingerprint density at radius 1 is 0.903 bits per heavy atom. The standard InChI is InChI=1S/C21H16ClF3N2O3S/c22-18-8-4-5-9-19(18)27(31(29,30)17-6-2-1-3-7-17)14-20(28)26-16-12-10-15(11-13-16)21(23,24)25/h1-13H,14H2,(H,26,28). The van der Waals surface area contributed by atoms with Crippen molar-refractivity contribution < 1.29 is 26.4 Å². The molecule has 162 valence electrons. The normalized spacial score (nSPS) is 11.7. The van der Waals surface area contributed by atoms with Crippen molar-refractivity contribution in [2.75, 3.05) is 16.2 Å². The molecule has 10 heteroatoms. The highest BCUT2D eigenvalue weighted by Gasteiger charge is 2.31. The minimum Gasteiger partial charge on any atom is -0.325 e. The first kappa shape index (κ1) is 22.6. The topological polar surface area (TPSA) is 66.5 Å². The first-order valence-corrected chi connectivity index (χ1v) is 10.7. The molecule has 3 aromatic rings. The molecule has 1 amide bonds. The van der Waals surface area contributed by atoms with Crippen LogP contribution in [0.15, 0.2) is 83.8 Å². The van der Waals surface area contributed by atoms with Gasteiger partial charge in [-0.05, 0) is 48.5 Å². The Bertz CT molecular complexity index is 1170. The lowest BCUT2D eigenvalue weighted by molar-refractivity contribution is -0.137. The highest BCUT2D eigenvalue weighted by molar-refractivity contribution is 7.92. The summed E-state index contributed by atoms with van der Waals surface area (Å²) in [5, 5.41) is 2.52. The lowest BCUT2D eigenvalue weighted by Gasteiger charge is -2.25. The summed E-state index contributed by atoms with van der Waals surface area (Å²) in [7, 11) is -4.15. The summed E-state index contributed by atoms with van der Waals surface area (Å²) in [4.78, 5) is 12.5. The molecule has 0 bridgehead atoms. The molecule has 5 nitrogen and oxygen atoms in total. The Labute approximate surface area is 182 Å². The van der Waals surface area contributed by atoms with E-state index in [2.05, 4.69) is 5.32 Å². The Morgan fingerprint density at radius 3 is 2.06 bits per heavy atom. The molecule has 0 atom stereocenters. The first-order chi connectivity index (χ1) is 14.6. The number of halogens is 4. The molecule has 0 heterocycles. The van der Waals surface area contributed by atoms with E-state index >= 15 is 0 Å². The van der Waals surface area contributed by atoms with Crippen molar-refractivity contribution in [2.24, 2.45) is 0 Å². The van der Waals surface area contributed by atoms with Gasteiger partial charge in [0.1, 0.15) is 6.54 Å². The molecule has 0 radical (unpaired) electrons. The summed E-state index contributed by atoms with van der Waals surface area (Å²) in [6, 6.07) is 17.4. The van der Waals surface area contributed by atoms with Crippen molar-refractivity contribution in [3.05, 3.63) is 89.4 Å². The number of sulfonamides is 1. The number of nitrogens with zero attached hydrogens (tertiary/aromatic N) is 1. The number of rotatable bonds is 6.